The highest BCUT2D eigenvalue weighted by molar-refractivity contribution is 7.73. The van der Waals surface area contributed by atoms with Gasteiger partial charge in [0.25, 0.3) is 0 Å². The maximum Gasteiger partial charge on any atom is 0.0770 e. The fourth-order valence-corrected chi connectivity index (χ4v) is 7.54. The summed E-state index contributed by atoms with van der Waals surface area (Å²) in [7, 11) is -1.13. The fraction of sp³-hybridized carbons (Fsp3) is 1.00. The topological polar surface area (TPSA) is 26.0 Å². The maximum atomic E-state index is 7.00. The van der Waals surface area contributed by atoms with Crippen LogP contribution in [0, 0.1) is 0 Å². The van der Waals surface area contributed by atoms with Gasteiger partial charge in [-0.25, -0.2) is 5.50 Å². The van der Waals surface area contributed by atoms with E-state index in [4.69, 9.17) is 5.50 Å². The smallest absolute Gasteiger partial charge is 0.0770 e. The molecule has 0 heterocycles. The average molecular weight is 415 g/mol. The molecule has 170 valence electrons. The van der Waals surface area contributed by atoms with Crippen LogP contribution < -0.4 is 5.50 Å². The Morgan fingerprint density at radius 1 is 0.357 bits per heavy atom. The van der Waals surface area contributed by atoms with Gasteiger partial charge in [0.2, 0.25) is 0 Å². The lowest BCUT2D eigenvalue weighted by Crippen LogP contribution is -2.17. The molecule has 0 unspecified atom stereocenters. The molecule has 2 heteroatoms. The SMILES string of the molecule is CCCCCCCCCCCCCC[P+](N)(CCCCCC)CCCCCC. The Bertz CT molecular complexity index is 280. The van der Waals surface area contributed by atoms with Crippen LogP contribution in [0.5, 0.6) is 0 Å². The Kier molecular flexibility index (Phi) is 22.4. The van der Waals surface area contributed by atoms with E-state index in [1.54, 1.807) is 0 Å². The van der Waals surface area contributed by atoms with Crippen molar-refractivity contribution < 1.29 is 0 Å². The number of hydrogen-bond acceptors (Lipinski definition) is 1. The highest BCUT2D eigenvalue weighted by atomic mass is 31.2. The maximum absolute atomic E-state index is 7.00. The van der Waals surface area contributed by atoms with E-state index in [2.05, 4.69) is 20.8 Å². The minimum absolute atomic E-state index is 1.13. The average Bonchev–Trinajstić information content (AvgIpc) is 2.70. The molecule has 0 saturated heterocycles. The first-order chi connectivity index (χ1) is 13.7. The van der Waals surface area contributed by atoms with E-state index in [1.807, 2.05) is 0 Å². The Morgan fingerprint density at radius 2 is 0.571 bits per heavy atom. The third-order valence-electron chi connectivity index (χ3n) is 6.37. The third-order valence-corrected chi connectivity index (χ3v) is 9.99. The van der Waals surface area contributed by atoms with Crippen LogP contribution in [0.2, 0.25) is 0 Å². The first-order valence-electron chi connectivity index (χ1n) is 13.3. The van der Waals surface area contributed by atoms with Gasteiger partial charge < -0.3 is 0 Å². The van der Waals surface area contributed by atoms with Gasteiger partial charge in [-0.15, -0.1) is 0 Å². The molecular weight excluding hydrogens is 357 g/mol. The summed E-state index contributed by atoms with van der Waals surface area (Å²) in [6, 6.07) is 0. The summed E-state index contributed by atoms with van der Waals surface area (Å²) in [5, 5.41) is 0. The van der Waals surface area contributed by atoms with Crippen LogP contribution in [-0.4, -0.2) is 18.5 Å². The Balaban J connectivity index is 3.75. The second kappa shape index (κ2) is 22.1. The summed E-state index contributed by atoms with van der Waals surface area (Å²) in [4.78, 5) is 0. The highest BCUT2D eigenvalue weighted by Crippen LogP contribution is 2.53. The van der Waals surface area contributed by atoms with E-state index in [9.17, 15) is 0 Å². The minimum atomic E-state index is -1.13. The van der Waals surface area contributed by atoms with Gasteiger partial charge in [-0.3, -0.25) is 0 Å². The quantitative estimate of drug-likeness (QED) is 0.131. The molecule has 0 aliphatic rings. The van der Waals surface area contributed by atoms with Gasteiger partial charge in [0.05, 0.1) is 25.9 Å². The van der Waals surface area contributed by atoms with Crippen molar-refractivity contribution in [3.8, 4) is 0 Å². The van der Waals surface area contributed by atoms with Gasteiger partial charge in [0, 0.05) is 0 Å². The zero-order valence-electron chi connectivity index (χ0n) is 20.3. The number of nitrogens with two attached hydrogens (primary N) is 1. The molecule has 0 atom stereocenters. The third kappa shape index (κ3) is 19.7. The van der Waals surface area contributed by atoms with Crippen molar-refractivity contribution in [1.29, 1.82) is 0 Å². The minimum Gasteiger partial charge on any atom is -0.205 e. The number of unbranched alkanes of at least 4 members (excludes halogenated alkanes) is 17. The van der Waals surface area contributed by atoms with Gasteiger partial charge in [0.1, 0.15) is 0 Å². The standard InChI is InChI=1S/C26H57NP/c1-4-7-10-13-14-15-16-17-18-19-20-23-26-28(27,24-21-11-8-5-2)25-22-12-9-6-3/h4-27H2,1-3H3/q+1. The summed E-state index contributed by atoms with van der Waals surface area (Å²) >= 11 is 0. The molecule has 2 N–H and O–H groups in total. The molecule has 0 aromatic heterocycles. The number of rotatable bonds is 23. The predicted molar refractivity (Wildman–Crippen MR) is 135 cm³/mol. The molecule has 1 nitrogen and oxygen atoms in total. The second-order valence-corrected chi connectivity index (χ2v) is 13.2. The van der Waals surface area contributed by atoms with Gasteiger partial charge in [-0.1, -0.05) is 111 Å². The van der Waals surface area contributed by atoms with E-state index < -0.39 is 7.41 Å². The lowest BCUT2D eigenvalue weighted by molar-refractivity contribution is 0.548. The summed E-state index contributed by atoms with van der Waals surface area (Å²) in [6.45, 7) is 6.92. The van der Waals surface area contributed by atoms with E-state index in [0.717, 1.165) is 0 Å². The van der Waals surface area contributed by atoms with Crippen molar-refractivity contribution in [3.05, 3.63) is 0 Å². The van der Waals surface area contributed by atoms with E-state index in [1.165, 1.54) is 147 Å². The van der Waals surface area contributed by atoms with Crippen molar-refractivity contribution in [2.75, 3.05) is 18.5 Å². The molecule has 28 heavy (non-hydrogen) atoms. The molecule has 0 saturated carbocycles. The molecule has 0 spiro atoms. The lowest BCUT2D eigenvalue weighted by Gasteiger charge is -2.22. The molecule has 0 radical (unpaired) electrons. The van der Waals surface area contributed by atoms with Gasteiger partial charge >= 0.3 is 0 Å². The fourth-order valence-electron chi connectivity index (χ4n) is 4.31. The molecule has 0 aromatic rings. The zero-order chi connectivity index (χ0) is 20.8. The van der Waals surface area contributed by atoms with Crippen LogP contribution in [0.4, 0.5) is 0 Å². The second-order valence-electron chi connectivity index (χ2n) is 9.40. The van der Waals surface area contributed by atoms with Crippen molar-refractivity contribution in [1.82, 2.24) is 0 Å². The lowest BCUT2D eigenvalue weighted by atomic mass is 10.1. The van der Waals surface area contributed by atoms with Crippen LogP contribution in [-0.2, 0) is 0 Å². The first kappa shape index (κ1) is 28.4. The Morgan fingerprint density at radius 3 is 0.857 bits per heavy atom. The van der Waals surface area contributed by atoms with Crippen LogP contribution in [0.25, 0.3) is 0 Å². The van der Waals surface area contributed by atoms with Crippen LogP contribution >= 0.6 is 7.41 Å². The van der Waals surface area contributed by atoms with Crippen molar-refractivity contribution >= 4 is 7.41 Å². The molecule has 0 amide bonds. The monoisotopic (exact) mass is 414 g/mol. The zero-order valence-corrected chi connectivity index (χ0v) is 21.2. The molecule has 0 rings (SSSR count). The Hall–Kier alpha value is 0.390. The van der Waals surface area contributed by atoms with Crippen LogP contribution in [0.15, 0.2) is 0 Å². The Labute approximate surface area is 180 Å². The molecule has 0 aliphatic carbocycles. The van der Waals surface area contributed by atoms with Crippen LogP contribution in [0.1, 0.15) is 149 Å². The van der Waals surface area contributed by atoms with Crippen molar-refractivity contribution in [2.45, 2.75) is 149 Å². The first-order valence-corrected chi connectivity index (χ1v) is 15.7. The largest absolute Gasteiger partial charge is 0.205 e. The molecule has 0 aromatic carbocycles. The van der Waals surface area contributed by atoms with Gasteiger partial charge in [0.15, 0.2) is 0 Å². The van der Waals surface area contributed by atoms with E-state index >= 15 is 0 Å². The normalized spacial score (nSPS) is 12.0. The predicted octanol–water partition coefficient (Wildman–Crippen LogP) is 9.74. The number of hydrogen-bond donors (Lipinski definition) is 1. The summed E-state index contributed by atoms with van der Waals surface area (Å²) in [5.41, 5.74) is 7.00. The van der Waals surface area contributed by atoms with Crippen molar-refractivity contribution in [3.63, 3.8) is 0 Å². The van der Waals surface area contributed by atoms with Crippen LogP contribution in [0.3, 0.4) is 0 Å². The highest BCUT2D eigenvalue weighted by Gasteiger charge is 2.30. The molecule has 0 bridgehead atoms. The van der Waals surface area contributed by atoms with Gasteiger partial charge in [-0.2, -0.15) is 0 Å². The summed E-state index contributed by atoms with van der Waals surface area (Å²) in [5.74, 6) is 0. The molecular formula is C26H57NP+. The summed E-state index contributed by atoms with van der Waals surface area (Å²) in [6.07, 6.45) is 32.5. The van der Waals surface area contributed by atoms with Gasteiger partial charge in [-0.05, 0) is 38.5 Å². The molecule has 0 aliphatic heterocycles. The van der Waals surface area contributed by atoms with E-state index in [-0.39, 0.29) is 0 Å². The van der Waals surface area contributed by atoms with Crippen molar-refractivity contribution in [2.24, 2.45) is 5.50 Å². The summed E-state index contributed by atoms with van der Waals surface area (Å²) < 4.78 is 0. The van der Waals surface area contributed by atoms with E-state index in [0.29, 0.717) is 0 Å². The molecule has 0 fully saturated rings.